The van der Waals surface area contributed by atoms with Crippen LogP contribution in [0.3, 0.4) is 0 Å². The van der Waals surface area contributed by atoms with Crippen LogP contribution in [0.4, 0.5) is 5.69 Å². The van der Waals surface area contributed by atoms with E-state index < -0.39 is 8.32 Å². The summed E-state index contributed by atoms with van der Waals surface area (Å²) < 4.78 is 19.0. The summed E-state index contributed by atoms with van der Waals surface area (Å²) in [6, 6.07) is 9.07. The Hall–Kier alpha value is -0.818. The molecule has 168 valence electrons. The summed E-state index contributed by atoms with van der Waals surface area (Å²) in [4.78, 5) is 0. The predicted octanol–water partition coefficient (Wildman–Crippen LogP) is 5.73. The van der Waals surface area contributed by atoms with Gasteiger partial charge in [0.15, 0.2) is 8.32 Å². The zero-order chi connectivity index (χ0) is 22.4. The van der Waals surface area contributed by atoms with Crippen molar-refractivity contribution in [1.82, 2.24) is 0 Å². The molecule has 6 heteroatoms. The highest BCUT2D eigenvalue weighted by molar-refractivity contribution is 6.74. The molecule has 0 radical (unpaired) electrons. The highest BCUT2D eigenvalue weighted by atomic mass is 28.4. The van der Waals surface area contributed by atoms with Crippen LogP contribution in [0.1, 0.15) is 74.1 Å². The normalized spacial score (nSPS) is 26.6. The fourth-order valence-corrected chi connectivity index (χ4v) is 5.29. The summed E-state index contributed by atoms with van der Waals surface area (Å²) in [6.45, 7) is 20.0. The molecule has 0 bridgehead atoms. The maximum Gasteiger partial charge on any atom is 0.494 e. The quantitative estimate of drug-likeness (QED) is 0.605. The molecule has 1 aromatic rings. The van der Waals surface area contributed by atoms with Crippen molar-refractivity contribution in [3.8, 4) is 0 Å². The molecular formula is C24H42BNO3Si. The van der Waals surface area contributed by atoms with Gasteiger partial charge < -0.3 is 19.1 Å². The van der Waals surface area contributed by atoms with Gasteiger partial charge in [-0.05, 0) is 89.1 Å². The second-order valence-corrected chi connectivity index (χ2v) is 16.5. The number of rotatable bonds is 5. The molecule has 0 spiro atoms. The van der Waals surface area contributed by atoms with Gasteiger partial charge in [-0.3, -0.25) is 0 Å². The van der Waals surface area contributed by atoms with Crippen molar-refractivity contribution in [3.05, 3.63) is 24.3 Å². The van der Waals surface area contributed by atoms with Gasteiger partial charge >= 0.3 is 7.12 Å². The van der Waals surface area contributed by atoms with Gasteiger partial charge in [-0.1, -0.05) is 32.9 Å². The van der Waals surface area contributed by atoms with Crippen molar-refractivity contribution in [2.75, 3.05) is 5.32 Å². The van der Waals surface area contributed by atoms with Crippen molar-refractivity contribution in [2.24, 2.45) is 0 Å². The lowest BCUT2D eigenvalue weighted by molar-refractivity contribution is 0.00578. The Morgan fingerprint density at radius 1 is 0.933 bits per heavy atom. The second-order valence-electron chi connectivity index (χ2n) is 11.7. The molecule has 1 aliphatic carbocycles. The average molecular weight is 432 g/mol. The van der Waals surface area contributed by atoms with Crippen molar-refractivity contribution >= 4 is 26.6 Å². The summed E-state index contributed by atoms with van der Waals surface area (Å²) >= 11 is 0. The maximum absolute atomic E-state index is 6.63. The molecule has 4 nitrogen and oxygen atoms in total. The van der Waals surface area contributed by atoms with Gasteiger partial charge in [0.2, 0.25) is 0 Å². The van der Waals surface area contributed by atoms with E-state index >= 15 is 0 Å². The summed E-state index contributed by atoms with van der Waals surface area (Å²) in [5, 5.41) is 4.00. The van der Waals surface area contributed by atoms with E-state index in [2.05, 4.69) is 91.1 Å². The van der Waals surface area contributed by atoms with Gasteiger partial charge in [-0.2, -0.15) is 0 Å². The third-order valence-corrected chi connectivity index (χ3v) is 12.3. The lowest BCUT2D eigenvalue weighted by Gasteiger charge is -2.41. The molecule has 0 atom stereocenters. The smallest absolute Gasteiger partial charge is 0.414 e. The van der Waals surface area contributed by atoms with E-state index in [0.717, 1.165) is 31.1 Å². The third-order valence-electron chi connectivity index (χ3n) is 7.75. The van der Waals surface area contributed by atoms with Crippen LogP contribution in [0.25, 0.3) is 0 Å². The van der Waals surface area contributed by atoms with E-state index in [1.807, 2.05) is 0 Å². The molecule has 30 heavy (non-hydrogen) atoms. The second kappa shape index (κ2) is 8.27. The molecule has 1 saturated carbocycles. The lowest BCUT2D eigenvalue weighted by Crippen LogP contribution is -2.45. The van der Waals surface area contributed by atoms with Crippen LogP contribution in [0.2, 0.25) is 18.1 Å². The Labute approximate surface area is 185 Å². The first-order valence-corrected chi connectivity index (χ1v) is 14.5. The largest absolute Gasteiger partial charge is 0.494 e. The zero-order valence-corrected chi connectivity index (χ0v) is 21.6. The van der Waals surface area contributed by atoms with E-state index in [9.17, 15) is 0 Å². The van der Waals surface area contributed by atoms with Gasteiger partial charge in [0.05, 0.1) is 11.2 Å². The molecule has 2 aliphatic rings. The van der Waals surface area contributed by atoms with Crippen molar-refractivity contribution < 1.29 is 13.7 Å². The number of hydrogen-bond donors (Lipinski definition) is 1. The van der Waals surface area contributed by atoms with Crippen molar-refractivity contribution in [1.29, 1.82) is 0 Å². The summed E-state index contributed by atoms with van der Waals surface area (Å²) in [5.41, 5.74) is 1.63. The van der Waals surface area contributed by atoms with Gasteiger partial charge in [0.1, 0.15) is 0 Å². The van der Waals surface area contributed by atoms with Gasteiger partial charge in [0.25, 0.3) is 0 Å². The Morgan fingerprint density at radius 2 is 1.43 bits per heavy atom. The van der Waals surface area contributed by atoms with Crippen LogP contribution in [0, 0.1) is 0 Å². The van der Waals surface area contributed by atoms with Gasteiger partial charge in [-0.25, -0.2) is 0 Å². The monoisotopic (exact) mass is 431 g/mol. The van der Waals surface area contributed by atoms with Crippen LogP contribution in [0.15, 0.2) is 24.3 Å². The van der Waals surface area contributed by atoms with Crippen LogP contribution in [-0.2, 0) is 13.7 Å². The molecule has 2 fully saturated rings. The molecule has 1 heterocycles. The molecular weight excluding hydrogens is 389 g/mol. The Kier molecular flexibility index (Phi) is 6.57. The van der Waals surface area contributed by atoms with Gasteiger partial charge in [-0.15, -0.1) is 0 Å². The van der Waals surface area contributed by atoms with Crippen molar-refractivity contribution in [3.63, 3.8) is 0 Å². The summed E-state index contributed by atoms with van der Waals surface area (Å²) in [7, 11) is -1.97. The first-order valence-electron chi connectivity index (χ1n) is 11.6. The minimum absolute atomic E-state index is 0.279. The fourth-order valence-electron chi connectivity index (χ4n) is 3.87. The third kappa shape index (κ3) is 5.14. The van der Waals surface area contributed by atoms with Crippen LogP contribution < -0.4 is 10.8 Å². The number of anilines is 1. The van der Waals surface area contributed by atoms with E-state index in [0.29, 0.717) is 12.1 Å². The maximum atomic E-state index is 6.63. The van der Waals surface area contributed by atoms with Crippen molar-refractivity contribution in [2.45, 2.75) is 116 Å². The Morgan fingerprint density at radius 3 is 1.90 bits per heavy atom. The molecule has 1 saturated heterocycles. The minimum Gasteiger partial charge on any atom is -0.414 e. The Bertz CT molecular complexity index is 703. The molecule has 0 aromatic heterocycles. The lowest BCUT2D eigenvalue weighted by atomic mass is 9.79. The van der Waals surface area contributed by atoms with Crippen LogP contribution in [0.5, 0.6) is 0 Å². The average Bonchev–Trinajstić information content (AvgIpc) is 2.84. The standard InChI is InChI=1S/C24H42BNO3Si/c1-22(2,3)30(8,9)27-21-16-14-20(15-17-21)26-19-12-10-18(11-13-19)25-28-23(4,5)24(6,7)29-25/h10-13,20-21,26H,14-17H2,1-9H3/t20-,21+. The highest BCUT2D eigenvalue weighted by Gasteiger charge is 2.51. The zero-order valence-electron chi connectivity index (χ0n) is 20.6. The molecule has 1 aromatic carbocycles. The van der Waals surface area contributed by atoms with Crippen LogP contribution in [-0.4, -0.2) is 38.8 Å². The molecule has 1 N–H and O–H groups in total. The topological polar surface area (TPSA) is 39.7 Å². The van der Waals surface area contributed by atoms with E-state index in [1.54, 1.807) is 0 Å². The highest BCUT2D eigenvalue weighted by Crippen LogP contribution is 2.39. The predicted molar refractivity (Wildman–Crippen MR) is 130 cm³/mol. The van der Waals surface area contributed by atoms with E-state index in [1.165, 1.54) is 5.69 Å². The summed E-state index contributed by atoms with van der Waals surface area (Å²) in [6.07, 6.45) is 5.05. The fraction of sp³-hybridized carbons (Fsp3) is 0.750. The molecule has 1 aliphatic heterocycles. The number of hydrogen-bond acceptors (Lipinski definition) is 4. The van der Waals surface area contributed by atoms with Gasteiger partial charge in [0, 0.05) is 17.8 Å². The van der Waals surface area contributed by atoms with E-state index in [4.69, 9.17) is 13.7 Å². The van der Waals surface area contributed by atoms with E-state index in [-0.39, 0.29) is 23.4 Å². The molecule has 3 rings (SSSR count). The summed E-state index contributed by atoms with van der Waals surface area (Å²) in [5.74, 6) is 0. The number of nitrogens with one attached hydrogen (secondary N) is 1. The minimum atomic E-state index is -1.67. The SMILES string of the molecule is CC1(C)OB(c2ccc(N[C@H]3CC[C@@H](O[Si](C)(C)C(C)(C)C)CC3)cc2)OC1(C)C. The first-order chi connectivity index (χ1) is 13.7. The molecule has 0 amide bonds. The molecule has 0 unspecified atom stereocenters. The first kappa shape index (κ1) is 23.8. The Balaban J connectivity index is 1.51. The van der Waals surface area contributed by atoms with Crippen LogP contribution >= 0.6 is 0 Å². The number of benzene rings is 1.